The normalized spacial score (nSPS) is 10.9. The fourth-order valence-electron chi connectivity index (χ4n) is 3.69. The average molecular weight is 437 g/mol. The van der Waals surface area contributed by atoms with E-state index in [0.29, 0.717) is 28.2 Å². The first-order valence-electron chi connectivity index (χ1n) is 10.3. The van der Waals surface area contributed by atoms with Gasteiger partial charge in [0.05, 0.1) is 11.1 Å². The van der Waals surface area contributed by atoms with Crippen molar-refractivity contribution in [2.75, 3.05) is 5.32 Å². The van der Waals surface area contributed by atoms with Gasteiger partial charge in [-0.15, -0.1) is 0 Å². The van der Waals surface area contributed by atoms with Crippen molar-refractivity contribution < 1.29 is 9.32 Å². The highest BCUT2D eigenvalue weighted by atomic mass is 16.5. The van der Waals surface area contributed by atoms with Crippen LogP contribution in [0.5, 0.6) is 0 Å². The zero-order chi connectivity index (χ0) is 22.8. The fraction of sp³-hybridized carbons (Fsp3) is 0.0800. The molecule has 2 aromatic carbocycles. The van der Waals surface area contributed by atoms with Crippen molar-refractivity contribution in [3.63, 3.8) is 0 Å². The monoisotopic (exact) mass is 437 g/mol. The lowest BCUT2D eigenvalue weighted by atomic mass is 10.1. The van der Waals surface area contributed by atoms with Crippen molar-refractivity contribution in [3.05, 3.63) is 95.0 Å². The maximum atomic E-state index is 13.0. The summed E-state index contributed by atoms with van der Waals surface area (Å²) in [6.45, 7) is 1.82. The first-order chi connectivity index (χ1) is 16.1. The summed E-state index contributed by atoms with van der Waals surface area (Å²) in [4.78, 5) is 34.2. The smallest absolute Gasteiger partial charge is 0.259 e. The number of carbonyl (C=O) groups is 1. The molecule has 0 aliphatic carbocycles. The van der Waals surface area contributed by atoms with E-state index in [2.05, 4.69) is 20.4 Å². The number of aryl methyl sites for hydroxylation is 1. The Morgan fingerprint density at radius 1 is 1.06 bits per heavy atom. The maximum absolute atomic E-state index is 13.0. The molecule has 33 heavy (non-hydrogen) atoms. The van der Waals surface area contributed by atoms with E-state index in [-0.39, 0.29) is 23.9 Å². The van der Waals surface area contributed by atoms with Gasteiger partial charge in [0.25, 0.3) is 11.4 Å². The molecule has 3 heterocycles. The number of rotatable bonds is 5. The van der Waals surface area contributed by atoms with E-state index >= 15 is 0 Å². The summed E-state index contributed by atoms with van der Waals surface area (Å²) in [7, 11) is 0. The quantitative estimate of drug-likeness (QED) is 0.445. The Labute approximate surface area is 188 Å². The van der Waals surface area contributed by atoms with Crippen LogP contribution in [-0.4, -0.2) is 25.6 Å². The van der Waals surface area contributed by atoms with Gasteiger partial charge < -0.3 is 9.84 Å². The maximum Gasteiger partial charge on any atom is 0.259 e. The van der Waals surface area contributed by atoms with Gasteiger partial charge in [-0.1, -0.05) is 35.5 Å². The Morgan fingerprint density at radius 2 is 1.94 bits per heavy atom. The summed E-state index contributed by atoms with van der Waals surface area (Å²) >= 11 is 0. The molecule has 3 aromatic heterocycles. The highest BCUT2D eigenvalue weighted by Gasteiger charge is 2.18. The molecule has 8 nitrogen and oxygen atoms in total. The number of amides is 1. The van der Waals surface area contributed by atoms with Gasteiger partial charge in [-0.25, -0.2) is 0 Å². The number of benzene rings is 2. The molecular weight excluding hydrogens is 418 g/mol. The van der Waals surface area contributed by atoms with E-state index in [9.17, 15) is 9.59 Å². The number of hydrogen-bond donors (Lipinski definition) is 1. The van der Waals surface area contributed by atoms with Gasteiger partial charge >= 0.3 is 0 Å². The van der Waals surface area contributed by atoms with Gasteiger partial charge in [0.15, 0.2) is 0 Å². The van der Waals surface area contributed by atoms with E-state index in [4.69, 9.17) is 4.52 Å². The third-order valence-electron chi connectivity index (χ3n) is 5.20. The minimum atomic E-state index is -0.343. The molecular formula is C25H19N5O3. The number of nitrogens with one attached hydrogen (secondary N) is 1. The van der Waals surface area contributed by atoms with Crippen LogP contribution in [0.15, 0.2) is 88.4 Å². The molecule has 162 valence electrons. The van der Waals surface area contributed by atoms with Crippen molar-refractivity contribution in [3.8, 4) is 22.8 Å². The number of fused-ring (bicyclic) bond motifs is 1. The molecule has 5 rings (SSSR count). The van der Waals surface area contributed by atoms with Crippen molar-refractivity contribution in [2.45, 2.75) is 13.5 Å². The van der Waals surface area contributed by atoms with Crippen LogP contribution in [0.3, 0.4) is 0 Å². The molecule has 0 saturated carbocycles. The zero-order valence-corrected chi connectivity index (χ0v) is 17.7. The van der Waals surface area contributed by atoms with Crippen molar-refractivity contribution in [2.24, 2.45) is 0 Å². The topological polar surface area (TPSA) is 103 Å². The third-order valence-corrected chi connectivity index (χ3v) is 5.20. The Bertz CT molecular complexity index is 1520. The summed E-state index contributed by atoms with van der Waals surface area (Å²) in [5.74, 6) is 0.305. The largest absolute Gasteiger partial charge is 0.334 e. The Hall–Kier alpha value is -4.59. The highest BCUT2D eigenvalue weighted by Crippen LogP contribution is 2.27. The summed E-state index contributed by atoms with van der Waals surface area (Å²) in [5.41, 5.74) is 3.18. The molecule has 0 aliphatic rings. The van der Waals surface area contributed by atoms with Crippen LogP contribution in [0.1, 0.15) is 5.56 Å². The zero-order valence-electron chi connectivity index (χ0n) is 17.7. The van der Waals surface area contributed by atoms with Gasteiger partial charge in [0, 0.05) is 35.1 Å². The van der Waals surface area contributed by atoms with Crippen LogP contribution >= 0.6 is 0 Å². The summed E-state index contributed by atoms with van der Waals surface area (Å²) in [5, 5.41) is 7.59. The lowest BCUT2D eigenvalue weighted by Crippen LogP contribution is -2.27. The van der Waals surface area contributed by atoms with Crippen LogP contribution in [0, 0.1) is 6.92 Å². The predicted molar refractivity (Wildman–Crippen MR) is 125 cm³/mol. The second kappa shape index (κ2) is 8.51. The van der Waals surface area contributed by atoms with Crippen molar-refractivity contribution >= 4 is 22.5 Å². The average Bonchev–Trinajstić information content (AvgIpc) is 3.31. The van der Waals surface area contributed by atoms with Gasteiger partial charge in [-0.3, -0.25) is 19.1 Å². The standard InChI is InChI=1S/C25H19N5O3/c1-16-6-4-8-18(12-16)27-22(31)15-30-21-10-3-2-9-19(21)20(13-23(30)32)25-28-24(29-33-25)17-7-5-11-26-14-17/h2-14H,15H2,1H3,(H,27,31). The number of pyridine rings is 2. The first kappa shape index (κ1) is 20.3. The summed E-state index contributed by atoms with van der Waals surface area (Å²) in [6.07, 6.45) is 3.30. The minimum Gasteiger partial charge on any atom is -0.334 e. The molecule has 0 saturated heterocycles. The Balaban J connectivity index is 1.51. The molecule has 0 radical (unpaired) electrons. The van der Waals surface area contributed by atoms with Crippen LogP contribution in [0.4, 0.5) is 5.69 Å². The third kappa shape index (κ3) is 4.14. The van der Waals surface area contributed by atoms with Crippen LogP contribution in [0.25, 0.3) is 33.7 Å². The van der Waals surface area contributed by atoms with Gasteiger partial charge in [0.2, 0.25) is 11.7 Å². The molecule has 1 amide bonds. The first-order valence-corrected chi connectivity index (χ1v) is 10.3. The number of aromatic nitrogens is 4. The van der Waals surface area contributed by atoms with Crippen LogP contribution in [0.2, 0.25) is 0 Å². The van der Waals surface area contributed by atoms with E-state index in [1.54, 1.807) is 24.5 Å². The minimum absolute atomic E-state index is 0.127. The van der Waals surface area contributed by atoms with Crippen molar-refractivity contribution in [1.82, 2.24) is 19.7 Å². The van der Waals surface area contributed by atoms with E-state index in [1.807, 2.05) is 55.5 Å². The van der Waals surface area contributed by atoms with E-state index < -0.39 is 0 Å². The Morgan fingerprint density at radius 3 is 2.76 bits per heavy atom. The van der Waals surface area contributed by atoms with Gasteiger partial charge in [-0.2, -0.15) is 4.98 Å². The number of nitrogens with zero attached hydrogens (tertiary/aromatic N) is 4. The lowest BCUT2D eigenvalue weighted by molar-refractivity contribution is -0.116. The summed E-state index contributed by atoms with van der Waals surface area (Å²) < 4.78 is 6.90. The van der Waals surface area contributed by atoms with E-state index in [0.717, 1.165) is 10.9 Å². The molecule has 0 aliphatic heterocycles. The lowest BCUT2D eigenvalue weighted by Gasteiger charge is -2.12. The number of carbonyl (C=O) groups excluding carboxylic acids is 1. The highest BCUT2D eigenvalue weighted by molar-refractivity contribution is 5.95. The van der Waals surface area contributed by atoms with Crippen LogP contribution in [-0.2, 0) is 11.3 Å². The summed E-state index contributed by atoms with van der Waals surface area (Å²) in [6, 6.07) is 19.8. The molecule has 8 heteroatoms. The van der Waals surface area contributed by atoms with Crippen molar-refractivity contribution in [1.29, 1.82) is 0 Å². The second-order valence-electron chi connectivity index (χ2n) is 7.58. The molecule has 5 aromatic rings. The molecule has 0 bridgehead atoms. The molecule has 0 unspecified atom stereocenters. The predicted octanol–water partition coefficient (Wildman–Crippen LogP) is 4.06. The number of anilines is 1. The Kier molecular flexibility index (Phi) is 5.24. The number of hydrogen-bond acceptors (Lipinski definition) is 6. The van der Waals surface area contributed by atoms with E-state index in [1.165, 1.54) is 10.6 Å². The molecule has 0 atom stereocenters. The van der Waals surface area contributed by atoms with Gasteiger partial charge in [-0.05, 0) is 42.8 Å². The SMILES string of the molecule is Cc1cccc(NC(=O)Cn2c(=O)cc(-c3nc(-c4cccnc4)no3)c3ccccc32)c1. The number of para-hydroxylation sites is 1. The molecule has 0 spiro atoms. The van der Waals surface area contributed by atoms with Crippen LogP contribution < -0.4 is 10.9 Å². The van der Waals surface area contributed by atoms with Gasteiger partial charge in [0.1, 0.15) is 6.54 Å². The molecule has 0 fully saturated rings. The second-order valence-corrected chi connectivity index (χ2v) is 7.58. The molecule has 1 N–H and O–H groups in total. The fourth-order valence-corrected chi connectivity index (χ4v) is 3.69.